The van der Waals surface area contributed by atoms with E-state index in [0.29, 0.717) is 42.8 Å². The molecule has 2 aromatic heterocycles. The highest BCUT2D eigenvalue weighted by Crippen LogP contribution is 2.42. The first-order chi connectivity index (χ1) is 14.0. The van der Waals surface area contributed by atoms with Crippen LogP contribution in [-0.4, -0.2) is 69.9 Å². The van der Waals surface area contributed by atoms with Crippen LogP contribution in [0.2, 0.25) is 10.0 Å². The molecule has 0 saturated carbocycles. The second-order valence-electron chi connectivity index (χ2n) is 7.60. The lowest BCUT2D eigenvalue weighted by Gasteiger charge is -2.35. The van der Waals surface area contributed by atoms with Crippen LogP contribution in [0.25, 0.3) is 22.0 Å². The second-order valence-corrected chi connectivity index (χ2v) is 8.38. The fourth-order valence-electron chi connectivity index (χ4n) is 4.35. The third-order valence-corrected chi connectivity index (χ3v) is 6.59. The number of halogens is 2. The molecule has 2 aliphatic heterocycles. The van der Waals surface area contributed by atoms with E-state index in [1.54, 1.807) is 6.20 Å². The number of nitrogens with zero attached hydrogens (tertiary/aromatic N) is 4. The van der Waals surface area contributed by atoms with E-state index >= 15 is 0 Å². The molecule has 1 fully saturated rings. The van der Waals surface area contributed by atoms with Crippen molar-refractivity contribution in [3.05, 3.63) is 40.3 Å². The van der Waals surface area contributed by atoms with Crippen LogP contribution in [0.3, 0.4) is 0 Å². The van der Waals surface area contributed by atoms with Gasteiger partial charge in [0.15, 0.2) is 0 Å². The standard InChI is InChI=1S/C20H21Cl2N5O2/c1-25-6-7-29-16(11-25)20(28)26-4-5-27-15(10-26)17(12-8-23-24-9-12)13-2-3-14(21)18(22)19(13)27/h2-3,8-9,16H,4-7,10-11H2,1H3,(H,23,24). The average Bonchev–Trinajstić information content (AvgIpc) is 3.35. The van der Waals surface area contributed by atoms with Crippen molar-refractivity contribution in [2.75, 3.05) is 33.3 Å². The Morgan fingerprint density at radius 3 is 2.90 bits per heavy atom. The van der Waals surface area contributed by atoms with Gasteiger partial charge in [0, 0.05) is 54.6 Å². The molecule has 1 saturated heterocycles. The molecule has 2 aliphatic rings. The van der Waals surface area contributed by atoms with Crippen LogP contribution in [0.5, 0.6) is 0 Å². The van der Waals surface area contributed by atoms with E-state index in [1.807, 2.05) is 30.3 Å². The maximum atomic E-state index is 13.1. The molecule has 0 aliphatic carbocycles. The summed E-state index contributed by atoms with van der Waals surface area (Å²) in [7, 11) is 2.01. The number of benzene rings is 1. The molecule has 9 heteroatoms. The molecule has 3 aromatic rings. The lowest BCUT2D eigenvalue weighted by Crippen LogP contribution is -2.51. The predicted molar refractivity (Wildman–Crippen MR) is 112 cm³/mol. The first-order valence-electron chi connectivity index (χ1n) is 9.61. The Hall–Kier alpha value is -2.06. The zero-order valence-electron chi connectivity index (χ0n) is 16.0. The van der Waals surface area contributed by atoms with Crippen LogP contribution < -0.4 is 0 Å². The van der Waals surface area contributed by atoms with Crippen molar-refractivity contribution in [1.29, 1.82) is 0 Å². The summed E-state index contributed by atoms with van der Waals surface area (Å²) < 4.78 is 7.94. The van der Waals surface area contributed by atoms with Crippen molar-refractivity contribution in [1.82, 2.24) is 24.6 Å². The maximum absolute atomic E-state index is 13.1. The second kappa shape index (κ2) is 7.32. The third kappa shape index (κ3) is 3.13. The highest BCUT2D eigenvalue weighted by Gasteiger charge is 2.33. The summed E-state index contributed by atoms with van der Waals surface area (Å²) in [4.78, 5) is 17.2. The first kappa shape index (κ1) is 18.9. The number of H-pyrrole nitrogens is 1. The molecule has 0 bridgehead atoms. The Bertz CT molecular complexity index is 1080. The number of rotatable bonds is 2. The number of nitrogens with one attached hydrogen (secondary N) is 1. The maximum Gasteiger partial charge on any atom is 0.253 e. The monoisotopic (exact) mass is 433 g/mol. The molecule has 1 N–H and O–H groups in total. The van der Waals surface area contributed by atoms with Crippen molar-refractivity contribution >= 4 is 40.0 Å². The van der Waals surface area contributed by atoms with Gasteiger partial charge in [-0.2, -0.15) is 5.10 Å². The number of ether oxygens (including phenoxy) is 1. The zero-order chi connectivity index (χ0) is 20.1. The van der Waals surface area contributed by atoms with E-state index in [9.17, 15) is 4.79 Å². The fraction of sp³-hybridized carbons (Fsp3) is 0.400. The minimum atomic E-state index is -0.417. The van der Waals surface area contributed by atoms with Gasteiger partial charge in [0.25, 0.3) is 5.91 Å². The molecule has 0 spiro atoms. The number of hydrogen-bond acceptors (Lipinski definition) is 4. The van der Waals surface area contributed by atoms with Gasteiger partial charge in [0.1, 0.15) is 6.10 Å². The summed E-state index contributed by atoms with van der Waals surface area (Å²) >= 11 is 12.9. The molecular formula is C20H21Cl2N5O2. The SMILES string of the molecule is CN1CCOC(C(=O)N2CCn3c(c(-c4cn[nH]c4)c4ccc(Cl)c(Cl)c43)C2)C1. The smallest absolute Gasteiger partial charge is 0.253 e. The number of amides is 1. The van der Waals surface area contributed by atoms with Crippen LogP contribution in [0.4, 0.5) is 0 Å². The quantitative estimate of drug-likeness (QED) is 0.674. The minimum Gasteiger partial charge on any atom is -0.366 e. The predicted octanol–water partition coefficient (Wildman–Crippen LogP) is 3.01. The summed E-state index contributed by atoms with van der Waals surface area (Å²) in [6.45, 7) is 3.79. The molecule has 29 heavy (non-hydrogen) atoms. The lowest BCUT2D eigenvalue weighted by atomic mass is 10.0. The number of hydrogen-bond donors (Lipinski definition) is 1. The summed E-state index contributed by atoms with van der Waals surface area (Å²) in [5, 5.41) is 9.07. The first-order valence-corrected chi connectivity index (χ1v) is 10.4. The van der Waals surface area contributed by atoms with E-state index in [1.165, 1.54) is 0 Å². The van der Waals surface area contributed by atoms with Gasteiger partial charge in [-0.25, -0.2) is 0 Å². The van der Waals surface area contributed by atoms with Gasteiger partial charge in [-0.3, -0.25) is 9.89 Å². The number of likely N-dealkylation sites (N-methyl/N-ethyl adjacent to an activating group) is 1. The molecule has 1 unspecified atom stereocenters. The van der Waals surface area contributed by atoms with Crippen LogP contribution in [-0.2, 0) is 22.6 Å². The van der Waals surface area contributed by atoms with Crippen LogP contribution in [0, 0.1) is 0 Å². The summed E-state index contributed by atoms with van der Waals surface area (Å²) in [5.74, 6) is 0.0373. The van der Waals surface area contributed by atoms with Gasteiger partial charge < -0.3 is 19.1 Å². The van der Waals surface area contributed by atoms with Gasteiger partial charge >= 0.3 is 0 Å². The van der Waals surface area contributed by atoms with E-state index in [0.717, 1.165) is 34.3 Å². The molecule has 5 rings (SSSR count). The van der Waals surface area contributed by atoms with Gasteiger partial charge in [-0.05, 0) is 13.1 Å². The van der Waals surface area contributed by atoms with E-state index < -0.39 is 6.10 Å². The molecule has 1 amide bonds. The Balaban J connectivity index is 1.58. The Morgan fingerprint density at radius 1 is 1.28 bits per heavy atom. The summed E-state index contributed by atoms with van der Waals surface area (Å²) in [6.07, 6.45) is 3.23. The van der Waals surface area contributed by atoms with Crippen molar-refractivity contribution in [3.63, 3.8) is 0 Å². The largest absolute Gasteiger partial charge is 0.366 e. The van der Waals surface area contributed by atoms with Crippen molar-refractivity contribution in [2.45, 2.75) is 19.2 Å². The summed E-state index contributed by atoms with van der Waals surface area (Å²) in [6, 6.07) is 3.80. The average molecular weight is 434 g/mol. The molecular weight excluding hydrogens is 413 g/mol. The minimum absolute atomic E-state index is 0.0373. The Labute approximate surface area is 178 Å². The molecule has 4 heterocycles. The van der Waals surface area contributed by atoms with Gasteiger partial charge in [-0.1, -0.05) is 29.3 Å². The van der Waals surface area contributed by atoms with Gasteiger partial charge in [0.05, 0.1) is 34.9 Å². The molecule has 1 atom stereocenters. The highest BCUT2D eigenvalue weighted by molar-refractivity contribution is 6.45. The van der Waals surface area contributed by atoms with E-state index in [4.69, 9.17) is 27.9 Å². The Morgan fingerprint density at radius 2 is 2.14 bits per heavy atom. The van der Waals surface area contributed by atoms with Crippen LogP contribution in [0.1, 0.15) is 5.69 Å². The van der Waals surface area contributed by atoms with Crippen molar-refractivity contribution in [2.24, 2.45) is 0 Å². The van der Waals surface area contributed by atoms with E-state index in [2.05, 4.69) is 19.7 Å². The fourth-order valence-corrected chi connectivity index (χ4v) is 4.77. The molecule has 152 valence electrons. The summed E-state index contributed by atoms with van der Waals surface area (Å²) in [5.41, 5.74) is 3.94. The highest BCUT2D eigenvalue weighted by atomic mass is 35.5. The molecule has 1 aromatic carbocycles. The number of morpholine rings is 1. The Kier molecular flexibility index (Phi) is 4.78. The van der Waals surface area contributed by atoms with Crippen LogP contribution in [0.15, 0.2) is 24.5 Å². The normalized spacial score (nSPS) is 20.2. The number of carbonyl (C=O) groups is 1. The number of fused-ring (bicyclic) bond motifs is 3. The number of aromatic nitrogens is 3. The lowest BCUT2D eigenvalue weighted by molar-refractivity contribution is -0.150. The number of aromatic amines is 1. The topological polar surface area (TPSA) is 66.4 Å². The van der Waals surface area contributed by atoms with E-state index in [-0.39, 0.29) is 5.91 Å². The number of carbonyl (C=O) groups excluding carboxylic acids is 1. The molecule has 7 nitrogen and oxygen atoms in total. The zero-order valence-corrected chi connectivity index (χ0v) is 17.5. The third-order valence-electron chi connectivity index (χ3n) is 5.80. The van der Waals surface area contributed by atoms with Crippen molar-refractivity contribution in [3.8, 4) is 11.1 Å². The molecule has 0 radical (unpaired) electrons. The van der Waals surface area contributed by atoms with Crippen molar-refractivity contribution < 1.29 is 9.53 Å². The van der Waals surface area contributed by atoms with Gasteiger partial charge in [0.2, 0.25) is 0 Å². The van der Waals surface area contributed by atoms with Crippen LogP contribution >= 0.6 is 23.2 Å². The van der Waals surface area contributed by atoms with Gasteiger partial charge in [-0.15, -0.1) is 0 Å².